The average Bonchev–Trinajstić information content (AvgIpc) is 3.35. The molecule has 0 radical (unpaired) electrons. The number of hydrogen-bond acceptors (Lipinski definition) is 6. The molecule has 0 aliphatic heterocycles. The molecule has 1 unspecified atom stereocenters. The van der Waals surface area contributed by atoms with Crippen LogP contribution in [0.25, 0.3) is 22.5 Å². The Kier molecular flexibility index (Phi) is 6.52. The molecule has 2 aromatic heterocycles. The van der Waals surface area contributed by atoms with Gasteiger partial charge in [0.1, 0.15) is 6.04 Å². The summed E-state index contributed by atoms with van der Waals surface area (Å²) in [6.45, 7) is 3.74. The number of amides is 1. The molecule has 9 nitrogen and oxygen atoms in total. The van der Waals surface area contributed by atoms with Gasteiger partial charge in [-0.1, -0.05) is 25.4 Å². The summed E-state index contributed by atoms with van der Waals surface area (Å²) in [7, 11) is 0. The Labute approximate surface area is 200 Å². The zero-order valence-electron chi connectivity index (χ0n) is 18.4. The van der Waals surface area contributed by atoms with Crippen LogP contribution < -0.4 is 10.9 Å². The smallest absolute Gasteiger partial charge is 0.251 e. The van der Waals surface area contributed by atoms with Gasteiger partial charge in [0.15, 0.2) is 5.82 Å². The van der Waals surface area contributed by atoms with Crippen molar-refractivity contribution in [2.45, 2.75) is 19.9 Å². The van der Waals surface area contributed by atoms with E-state index >= 15 is 0 Å². The molecule has 2 N–H and O–H groups in total. The van der Waals surface area contributed by atoms with Crippen molar-refractivity contribution >= 4 is 23.2 Å². The molecule has 0 saturated heterocycles. The standard InChI is InChI=1S/C24H20ClN7O2/c1-14(2)22(24(34)27-19-7-4-15(5-8-19)23-28-30-31-29-23)32-10-9-16(11-21(32)33)20-12-18(25)6-3-17(20)13-26/h3-12,14,22H,1-2H3,(H,27,34)(H,28,29,30,31). The first kappa shape index (κ1) is 22.9. The Morgan fingerprint density at radius 3 is 2.50 bits per heavy atom. The van der Waals surface area contributed by atoms with Gasteiger partial charge in [0.05, 0.1) is 11.6 Å². The van der Waals surface area contributed by atoms with Gasteiger partial charge in [-0.15, -0.1) is 5.10 Å². The fourth-order valence-corrected chi connectivity index (χ4v) is 3.87. The fraction of sp³-hybridized carbons (Fsp3) is 0.167. The second kappa shape index (κ2) is 9.68. The lowest BCUT2D eigenvalue weighted by Crippen LogP contribution is -2.35. The molecule has 1 atom stereocenters. The van der Waals surface area contributed by atoms with Gasteiger partial charge in [0, 0.05) is 34.1 Å². The Hall–Kier alpha value is -4.29. The number of aromatic nitrogens is 5. The van der Waals surface area contributed by atoms with Crippen molar-refractivity contribution in [2.75, 3.05) is 5.32 Å². The first-order chi connectivity index (χ1) is 16.4. The molecular formula is C24H20ClN7O2. The number of hydrogen-bond donors (Lipinski definition) is 2. The summed E-state index contributed by atoms with van der Waals surface area (Å²) in [4.78, 5) is 26.2. The molecule has 1 amide bonds. The fourth-order valence-electron chi connectivity index (χ4n) is 3.70. The van der Waals surface area contributed by atoms with Crippen LogP contribution in [0.2, 0.25) is 5.02 Å². The van der Waals surface area contributed by atoms with Crippen LogP contribution in [0.3, 0.4) is 0 Å². The van der Waals surface area contributed by atoms with Gasteiger partial charge in [-0.25, -0.2) is 5.10 Å². The predicted octanol–water partition coefficient (Wildman–Crippen LogP) is 4.06. The Morgan fingerprint density at radius 2 is 1.88 bits per heavy atom. The lowest BCUT2D eigenvalue weighted by Gasteiger charge is -2.23. The molecule has 2 heterocycles. The van der Waals surface area contributed by atoms with E-state index < -0.39 is 6.04 Å². The number of H-pyrrole nitrogens is 1. The van der Waals surface area contributed by atoms with E-state index in [0.29, 0.717) is 33.2 Å². The van der Waals surface area contributed by atoms with E-state index in [1.54, 1.807) is 54.7 Å². The minimum absolute atomic E-state index is 0.163. The van der Waals surface area contributed by atoms with Crippen LogP contribution in [0.15, 0.2) is 65.6 Å². The molecule has 2 aromatic carbocycles. The van der Waals surface area contributed by atoms with Crippen molar-refractivity contribution in [1.29, 1.82) is 5.26 Å². The summed E-state index contributed by atoms with van der Waals surface area (Å²) in [6, 6.07) is 16.4. The van der Waals surface area contributed by atoms with Crippen molar-refractivity contribution in [3.05, 3.63) is 81.7 Å². The summed E-state index contributed by atoms with van der Waals surface area (Å²) in [5.41, 5.74) is 2.52. The van der Waals surface area contributed by atoms with Crippen molar-refractivity contribution in [2.24, 2.45) is 5.92 Å². The number of tetrazole rings is 1. The summed E-state index contributed by atoms with van der Waals surface area (Å²) in [5.74, 6) is 0.0344. The van der Waals surface area contributed by atoms with Gasteiger partial charge in [0.2, 0.25) is 5.91 Å². The average molecular weight is 474 g/mol. The predicted molar refractivity (Wildman–Crippen MR) is 128 cm³/mol. The summed E-state index contributed by atoms with van der Waals surface area (Å²) in [5, 5.41) is 26.4. The largest absolute Gasteiger partial charge is 0.324 e. The zero-order chi connectivity index (χ0) is 24.2. The maximum Gasteiger partial charge on any atom is 0.251 e. The van der Waals surface area contributed by atoms with Gasteiger partial charge in [0.25, 0.3) is 5.56 Å². The zero-order valence-corrected chi connectivity index (χ0v) is 19.1. The molecule has 0 fully saturated rings. The van der Waals surface area contributed by atoms with E-state index in [-0.39, 0.29) is 17.4 Å². The highest BCUT2D eigenvalue weighted by molar-refractivity contribution is 6.30. The van der Waals surface area contributed by atoms with Crippen molar-refractivity contribution in [3.8, 4) is 28.6 Å². The number of carbonyl (C=O) groups is 1. The molecule has 0 aliphatic carbocycles. The van der Waals surface area contributed by atoms with Gasteiger partial charge in [-0.3, -0.25) is 9.59 Å². The van der Waals surface area contributed by atoms with Gasteiger partial charge in [-0.05, 0) is 70.4 Å². The van der Waals surface area contributed by atoms with Crippen LogP contribution in [0.1, 0.15) is 25.5 Å². The number of nitrogens with zero attached hydrogens (tertiary/aromatic N) is 5. The summed E-state index contributed by atoms with van der Waals surface area (Å²) >= 11 is 6.09. The molecule has 170 valence electrons. The van der Waals surface area contributed by atoms with Gasteiger partial charge in [-0.2, -0.15) is 5.26 Å². The van der Waals surface area contributed by atoms with Gasteiger partial charge >= 0.3 is 0 Å². The number of anilines is 1. The quantitative estimate of drug-likeness (QED) is 0.434. The SMILES string of the molecule is CC(C)C(C(=O)Nc1ccc(-c2nnn[nH]2)cc1)n1ccc(-c2cc(Cl)ccc2C#N)cc1=O. The van der Waals surface area contributed by atoms with E-state index in [9.17, 15) is 14.9 Å². The minimum atomic E-state index is -0.741. The van der Waals surface area contributed by atoms with Crippen LogP contribution >= 0.6 is 11.6 Å². The molecular weight excluding hydrogens is 454 g/mol. The lowest BCUT2D eigenvalue weighted by molar-refractivity contribution is -0.120. The Balaban J connectivity index is 1.60. The number of rotatable bonds is 6. The highest BCUT2D eigenvalue weighted by Crippen LogP contribution is 2.27. The molecule has 0 spiro atoms. The number of aromatic amines is 1. The Morgan fingerprint density at radius 1 is 1.12 bits per heavy atom. The topological polar surface area (TPSA) is 129 Å². The van der Waals surface area contributed by atoms with Gasteiger partial charge < -0.3 is 9.88 Å². The number of halogens is 1. The first-order valence-corrected chi connectivity index (χ1v) is 10.8. The van der Waals surface area contributed by atoms with Crippen LogP contribution in [-0.2, 0) is 4.79 Å². The third kappa shape index (κ3) is 4.72. The molecule has 4 aromatic rings. The van der Waals surface area contributed by atoms with Crippen LogP contribution in [0.4, 0.5) is 5.69 Å². The number of carbonyl (C=O) groups excluding carboxylic acids is 1. The monoisotopic (exact) mass is 473 g/mol. The van der Waals surface area contributed by atoms with Crippen LogP contribution in [0.5, 0.6) is 0 Å². The van der Waals surface area contributed by atoms with Crippen LogP contribution in [0, 0.1) is 17.2 Å². The molecule has 10 heteroatoms. The van der Waals surface area contributed by atoms with E-state index in [4.69, 9.17) is 11.6 Å². The maximum absolute atomic E-state index is 13.2. The van der Waals surface area contributed by atoms with Crippen molar-refractivity contribution in [3.63, 3.8) is 0 Å². The third-order valence-electron chi connectivity index (χ3n) is 5.33. The Bertz CT molecular complexity index is 1420. The molecule has 0 bridgehead atoms. The second-order valence-electron chi connectivity index (χ2n) is 7.97. The highest BCUT2D eigenvalue weighted by Gasteiger charge is 2.25. The lowest BCUT2D eigenvalue weighted by atomic mass is 10.00. The van der Waals surface area contributed by atoms with E-state index in [2.05, 4.69) is 32.0 Å². The molecule has 4 rings (SSSR count). The van der Waals surface area contributed by atoms with E-state index in [0.717, 1.165) is 5.56 Å². The summed E-state index contributed by atoms with van der Waals surface area (Å²) < 4.78 is 1.40. The van der Waals surface area contributed by atoms with E-state index in [1.165, 1.54) is 10.6 Å². The number of benzene rings is 2. The maximum atomic E-state index is 13.2. The first-order valence-electron chi connectivity index (χ1n) is 10.4. The summed E-state index contributed by atoms with van der Waals surface area (Å²) in [6.07, 6.45) is 1.57. The van der Waals surface area contributed by atoms with Crippen molar-refractivity contribution < 1.29 is 4.79 Å². The minimum Gasteiger partial charge on any atom is -0.324 e. The highest BCUT2D eigenvalue weighted by atomic mass is 35.5. The van der Waals surface area contributed by atoms with Crippen molar-refractivity contribution in [1.82, 2.24) is 25.2 Å². The molecule has 0 saturated carbocycles. The number of nitriles is 1. The molecule has 0 aliphatic rings. The normalized spacial score (nSPS) is 11.7. The van der Waals surface area contributed by atoms with Crippen LogP contribution in [-0.4, -0.2) is 31.1 Å². The third-order valence-corrected chi connectivity index (χ3v) is 5.57. The number of pyridine rings is 1. The number of nitrogens with one attached hydrogen (secondary N) is 2. The molecule has 34 heavy (non-hydrogen) atoms. The van der Waals surface area contributed by atoms with E-state index in [1.807, 2.05) is 13.8 Å². The second-order valence-corrected chi connectivity index (χ2v) is 8.40.